The summed E-state index contributed by atoms with van der Waals surface area (Å²) >= 11 is 6.22. The standard InChI is InChI=1S/C29H40ClN3O5S/c1-22(29(35)31-24-13-8-5-9-14-24)32(20-18-23-11-6-4-7-12-23)28(34)15-10-19-33(39(3,36)37)25-16-17-27(38-2)26(30)21-25/h4,6-7,11-12,16-17,21-22,24H,5,8-10,13-15,18-20H2,1-3H3,(H,31,35)/t22-/m1/s1. The van der Waals surface area contributed by atoms with Gasteiger partial charge in [-0.25, -0.2) is 8.42 Å². The third kappa shape index (κ3) is 9.14. The summed E-state index contributed by atoms with van der Waals surface area (Å²) in [5, 5.41) is 3.44. The molecule has 1 atom stereocenters. The van der Waals surface area contributed by atoms with Crippen molar-refractivity contribution < 1.29 is 22.7 Å². The molecule has 2 aromatic carbocycles. The number of hydrogen-bond acceptors (Lipinski definition) is 5. The largest absolute Gasteiger partial charge is 0.495 e. The topological polar surface area (TPSA) is 96.0 Å². The molecule has 1 aliphatic carbocycles. The highest BCUT2D eigenvalue weighted by Gasteiger charge is 2.28. The SMILES string of the molecule is COc1ccc(N(CCCC(=O)N(CCc2ccccc2)[C@H](C)C(=O)NC2CCCCC2)S(C)(=O)=O)cc1Cl. The van der Waals surface area contributed by atoms with Crippen LogP contribution in [-0.2, 0) is 26.0 Å². The number of benzene rings is 2. The van der Waals surface area contributed by atoms with E-state index in [-0.39, 0.29) is 37.2 Å². The number of halogens is 1. The molecular weight excluding hydrogens is 538 g/mol. The molecule has 1 saturated carbocycles. The van der Waals surface area contributed by atoms with E-state index in [4.69, 9.17) is 16.3 Å². The molecule has 10 heteroatoms. The van der Waals surface area contributed by atoms with Gasteiger partial charge in [-0.2, -0.15) is 0 Å². The molecule has 0 aliphatic heterocycles. The van der Waals surface area contributed by atoms with Crippen molar-refractivity contribution >= 4 is 39.1 Å². The maximum absolute atomic E-state index is 13.4. The smallest absolute Gasteiger partial charge is 0.242 e. The molecule has 214 valence electrons. The van der Waals surface area contributed by atoms with Crippen LogP contribution in [0.1, 0.15) is 57.4 Å². The van der Waals surface area contributed by atoms with Crippen LogP contribution in [0.2, 0.25) is 5.02 Å². The first-order valence-electron chi connectivity index (χ1n) is 13.5. The Morgan fingerprint density at radius 1 is 1.08 bits per heavy atom. The molecule has 1 fully saturated rings. The van der Waals surface area contributed by atoms with Gasteiger partial charge in [0.2, 0.25) is 21.8 Å². The zero-order valence-electron chi connectivity index (χ0n) is 23.1. The summed E-state index contributed by atoms with van der Waals surface area (Å²) in [6, 6.07) is 14.1. The van der Waals surface area contributed by atoms with Gasteiger partial charge in [0.1, 0.15) is 11.8 Å². The first-order chi connectivity index (χ1) is 18.6. The Bertz CT molecular complexity index is 1200. The van der Waals surface area contributed by atoms with Crippen LogP contribution in [0.25, 0.3) is 0 Å². The Morgan fingerprint density at radius 3 is 2.38 bits per heavy atom. The zero-order chi connectivity index (χ0) is 28.4. The lowest BCUT2D eigenvalue weighted by atomic mass is 9.95. The van der Waals surface area contributed by atoms with Crippen LogP contribution in [0, 0.1) is 0 Å². The van der Waals surface area contributed by atoms with E-state index < -0.39 is 16.1 Å². The molecule has 0 heterocycles. The summed E-state index contributed by atoms with van der Waals surface area (Å²) in [5.41, 5.74) is 1.48. The minimum Gasteiger partial charge on any atom is -0.495 e. The van der Waals surface area contributed by atoms with Crippen molar-refractivity contribution in [1.29, 1.82) is 0 Å². The number of anilines is 1. The molecule has 2 aromatic rings. The molecule has 8 nitrogen and oxygen atoms in total. The minimum absolute atomic E-state index is 0.0996. The van der Waals surface area contributed by atoms with Crippen molar-refractivity contribution in [2.24, 2.45) is 0 Å². The molecule has 2 amide bonds. The number of nitrogens with one attached hydrogen (secondary N) is 1. The third-order valence-corrected chi connectivity index (χ3v) is 8.67. The number of methoxy groups -OCH3 is 1. The van der Waals surface area contributed by atoms with Gasteiger partial charge in [-0.1, -0.05) is 61.2 Å². The van der Waals surface area contributed by atoms with Crippen molar-refractivity contribution in [2.75, 3.05) is 30.8 Å². The predicted molar refractivity (Wildman–Crippen MR) is 156 cm³/mol. The van der Waals surface area contributed by atoms with Crippen LogP contribution in [-0.4, -0.2) is 63.7 Å². The quantitative estimate of drug-likeness (QED) is 0.369. The fourth-order valence-electron chi connectivity index (χ4n) is 4.95. The number of rotatable bonds is 13. The Morgan fingerprint density at radius 2 is 1.77 bits per heavy atom. The number of carbonyl (C=O) groups is 2. The summed E-state index contributed by atoms with van der Waals surface area (Å²) in [4.78, 5) is 28.2. The van der Waals surface area contributed by atoms with Crippen molar-refractivity contribution in [2.45, 2.75) is 70.4 Å². The first kappa shape index (κ1) is 30.8. The Balaban J connectivity index is 1.69. The molecule has 0 bridgehead atoms. The third-order valence-electron chi connectivity index (χ3n) is 7.18. The second-order valence-electron chi connectivity index (χ2n) is 10.1. The lowest BCUT2D eigenvalue weighted by Crippen LogP contribution is -2.51. The zero-order valence-corrected chi connectivity index (χ0v) is 24.6. The van der Waals surface area contributed by atoms with Gasteiger partial charge in [0.05, 0.1) is 24.1 Å². The lowest BCUT2D eigenvalue weighted by molar-refractivity contribution is -0.140. The molecule has 39 heavy (non-hydrogen) atoms. The first-order valence-corrected chi connectivity index (χ1v) is 15.8. The molecule has 1 N–H and O–H groups in total. The molecule has 0 saturated heterocycles. The molecule has 3 rings (SSSR count). The second kappa shape index (κ2) is 14.6. The van der Waals surface area contributed by atoms with Crippen LogP contribution in [0.15, 0.2) is 48.5 Å². The van der Waals surface area contributed by atoms with E-state index in [9.17, 15) is 18.0 Å². The maximum atomic E-state index is 13.4. The van der Waals surface area contributed by atoms with Gasteiger partial charge in [0, 0.05) is 25.6 Å². The van der Waals surface area contributed by atoms with Crippen molar-refractivity contribution in [3.05, 3.63) is 59.1 Å². The van der Waals surface area contributed by atoms with Crippen LogP contribution >= 0.6 is 11.6 Å². The number of ether oxygens (including phenoxy) is 1. The molecule has 0 radical (unpaired) electrons. The van der Waals surface area contributed by atoms with Crippen LogP contribution < -0.4 is 14.4 Å². The highest BCUT2D eigenvalue weighted by Crippen LogP contribution is 2.30. The average molecular weight is 578 g/mol. The van der Waals surface area contributed by atoms with Crippen molar-refractivity contribution in [3.8, 4) is 5.75 Å². The van der Waals surface area contributed by atoms with Gasteiger partial charge >= 0.3 is 0 Å². The summed E-state index contributed by atoms with van der Waals surface area (Å²) in [5.74, 6) is 0.117. The van der Waals surface area contributed by atoms with Gasteiger partial charge in [0.25, 0.3) is 0 Å². The number of nitrogens with zero attached hydrogens (tertiary/aromatic N) is 2. The van der Waals surface area contributed by atoms with Gasteiger partial charge in [-0.15, -0.1) is 0 Å². The lowest BCUT2D eigenvalue weighted by Gasteiger charge is -2.31. The van der Waals surface area contributed by atoms with Crippen LogP contribution in [0.4, 0.5) is 5.69 Å². The highest BCUT2D eigenvalue weighted by atomic mass is 35.5. The molecule has 1 aliphatic rings. The number of carbonyl (C=O) groups excluding carboxylic acids is 2. The average Bonchev–Trinajstić information content (AvgIpc) is 2.91. The van der Waals surface area contributed by atoms with E-state index in [1.807, 2.05) is 30.3 Å². The number of sulfonamides is 1. The second-order valence-corrected chi connectivity index (χ2v) is 12.4. The van der Waals surface area contributed by atoms with Gasteiger partial charge in [0.15, 0.2) is 0 Å². The Kier molecular flexibility index (Phi) is 11.5. The monoisotopic (exact) mass is 577 g/mol. The summed E-state index contributed by atoms with van der Waals surface area (Å²) < 4.78 is 31.5. The molecular formula is C29H40ClN3O5S. The van der Waals surface area contributed by atoms with E-state index in [0.29, 0.717) is 29.4 Å². The molecule has 0 spiro atoms. The fraction of sp³-hybridized carbons (Fsp3) is 0.517. The van der Waals surface area contributed by atoms with E-state index in [1.165, 1.54) is 23.9 Å². The highest BCUT2D eigenvalue weighted by molar-refractivity contribution is 7.92. The predicted octanol–water partition coefficient (Wildman–Crippen LogP) is 4.80. The van der Waals surface area contributed by atoms with E-state index >= 15 is 0 Å². The summed E-state index contributed by atoms with van der Waals surface area (Å²) in [6.07, 6.45) is 7.46. The van der Waals surface area contributed by atoms with Gasteiger partial charge in [-0.3, -0.25) is 13.9 Å². The summed E-state index contributed by atoms with van der Waals surface area (Å²) in [6.45, 7) is 2.26. The minimum atomic E-state index is -3.62. The number of amides is 2. The van der Waals surface area contributed by atoms with Crippen molar-refractivity contribution in [3.63, 3.8) is 0 Å². The van der Waals surface area contributed by atoms with Gasteiger partial charge in [-0.05, 0) is 56.4 Å². The van der Waals surface area contributed by atoms with E-state index in [1.54, 1.807) is 24.0 Å². The van der Waals surface area contributed by atoms with E-state index in [0.717, 1.165) is 37.5 Å². The van der Waals surface area contributed by atoms with Crippen LogP contribution in [0.3, 0.4) is 0 Å². The van der Waals surface area contributed by atoms with E-state index in [2.05, 4.69) is 5.32 Å². The van der Waals surface area contributed by atoms with Crippen molar-refractivity contribution in [1.82, 2.24) is 10.2 Å². The molecule has 0 aromatic heterocycles. The van der Waals surface area contributed by atoms with Crippen LogP contribution in [0.5, 0.6) is 5.75 Å². The van der Waals surface area contributed by atoms with Gasteiger partial charge < -0.3 is 15.0 Å². The Hall–Kier alpha value is -2.78. The summed E-state index contributed by atoms with van der Waals surface area (Å²) in [7, 11) is -2.13. The normalized spacial score (nSPS) is 14.9. The Labute approximate surface area is 237 Å². The molecule has 0 unspecified atom stereocenters. The maximum Gasteiger partial charge on any atom is 0.242 e. The fourth-order valence-corrected chi connectivity index (χ4v) is 6.16. The number of hydrogen-bond donors (Lipinski definition) is 1.